The summed E-state index contributed by atoms with van der Waals surface area (Å²) < 4.78 is 5.11. The number of benzene rings is 1. The van der Waals surface area contributed by atoms with Gasteiger partial charge in [0, 0.05) is 16.6 Å². The van der Waals surface area contributed by atoms with Crippen molar-refractivity contribution in [3.63, 3.8) is 0 Å². The lowest BCUT2D eigenvalue weighted by Gasteiger charge is -2.20. The topological polar surface area (TPSA) is 58.6 Å². The van der Waals surface area contributed by atoms with E-state index < -0.39 is 18.3 Å². The minimum absolute atomic E-state index is 0.238. The van der Waals surface area contributed by atoms with Gasteiger partial charge in [-0.15, -0.1) is 0 Å². The third-order valence-electron chi connectivity index (χ3n) is 2.86. The highest BCUT2D eigenvalue weighted by Gasteiger charge is 2.27. The van der Waals surface area contributed by atoms with E-state index in [1.54, 1.807) is 31.2 Å². The minimum Gasteiger partial charge on any atom is -0.443 e. The van der Waals surface area contributed by atoms with Crippen molar-refractivity contribution in [3.8, 4) is 0 Å². The third-order valence-corrected chi connectivity index (χ3v) is 3.20. The van der Waals surface area contributed by atoms with Crippen molar-refractivity contribution in [2.45, 2.75) is 38.0 Å². The molecule has 1 aliphatic rings. The number of alkyl carbamates (subject to hydrolysis) is 1. The van der Waals surface area contributed by atoms with Gasteiger partial charge in [0.25, 0.3) is 0 Å². The highest BCUT2D eigenvalue weighted by Crippen LogP contribution is 2.26. The first-order valence-electron chi connectivity index (χ1n) is 5.97. The molecule has 0 aliphatic heterocycles. The Kier molecular flexibility index (Phi) is 4.09. The number of rotatable bonds is 4. The lowest BCUT2D eigenvalue weighted by Crippen LogP contribution is -2.32. The van der Waals surface area contributed by atoms with Gasteiger partial charge in [0.1, 0.15) is 12.2 Å². The Balaban J connectivity index is 1.93. The predicted molar refractivity (Wildman–Crippen MR) is 68.5 cm³/mol. The van der Waals surface area contributed by atoms with Crippen molar-refractivity contribution in [3.05, 3.63) is 34.9 Å². The van der Waals surface area contributed by atoms with E-state index in [-0.39, 0.29) is 6.04 Å². The predicted octanol–water partition coefficient (Wildman–Crippen LogP) is 2.65. The first-order chi connectivity index (χ1) is 8.58. The van der Waals surface area contributed by atoms with Crippen LogP contribution >= 0.6 is 11.6 Å². The number of ether oxygens (including phenoxy) is 1. The number of hydrogen-bond acceptors (Lipinski definition) is 3. The molecule has 0 heterocycles. The molecule has 1 amide bonds. The molecule has 2 rings (SSSR count). The van der Waals surface area contributed by atoms with Gasteiger partial charge in [-0.3, -0.25) is 0 Å². The van der Waals surface area contributed by atoms with E-state index in [9.17, 15) is 9.90 Å². The van der Waals surface area contributed by atoms with E-state index in [1.165, 1.54) is 0 Å². The molecule has 5 heteroatoms. The van der Waals surface area contributed by atoms with Crippen LogP contribution in [0.2, 0.25) is 5.02 Å². The van der Waals surface area contributed by atoms with E-state index in [0.717, 1.165) is 12.8 Å². The van der Waals surface area contributed by atoms with Crippen LogP contribution in [0.5, 0.6) is 0 Å². The van der Waals surface area contributed by atoms with Crippen LogP contribution < -0.4 is 5.32 Å². The lowest BCUT2D eigenvalue weighted by molar-refractivity contribution is 0.0118. The Labute approximate surface area is 111 Å². The highest BCUT2D eigenvalue weighted by molar-refractivity contribution is 6.31. The Morgan fingerprint density at radius 3 is 2.78 bits per heavy atom. The Morgan fingerprint density at radius 2 is 2.17 bits per heavy atom. The average molecular weight is 270 g/mol. The summed E-state index contributed by atoms with van der Waals surface area (Å²) in [5, 5.41) is 13.2. The van der Waals surface area contributed by atoms with Crippen molar-refractivity contribution in [1.82, 2.24) is 5.32 Å². The second kappa shape index (κ2) is 5.59. The molecule has 2 N–H and O–H groups in total. The minimum atomic E-state index is -0.927. The number of aliphatic hydroxyl groups is 1. The highest BCUT2D eigenvalue weighted by atomic mass is 35.5. The largest absolute Gasteiger partial charge is 0.443 e. The van der Waals surface area contributed by atoms with E-state index >= 15 is 0 Å². The molecule has 0 bridgehead atoms. The smallest absolute Gasteiger partial charge is 0.407 e. The van der Waals surface area contributed by atoms with Crippen LogP contribution in [-0.4, -0.2) is 23.3 Å². The number of hydrogen-bond donors (Lipinski definition) is 2. The number of carbonyl (C=O) groups excluding carboxylic acids is 1. The van der Waals surface area contributed by atoms with Crippen LogP contribution in [-0.2, 0) is 4.74 Å². The molecule has 98 valence electrons. The standard InChI is InChI=1S/C13H16ClNO3/c1-8(18-13(17)15-9-6-7-9)12(16)10-4-2-3-5-11(10)14/h2-5,8-9,12,16H,6-7H2,1H3,(H,15,17)/t8-,12+/m0/s1. The zero-order valence-corrected chi connectivity index (χ0v) is 10.9. The first kappa shape index (κ1) is 13.2. The molecule has 0 saturated heterocycles. The molecular formula is C13H16ClNO3. The van der Waals surface area contributed by atoms with Crippen molar-refractivity contribution < 1.29 is 14.6 Å². The second-order valence-corrected chi connectivity index (χ2v) is 4.90. The van der Waals surface area contributed by atoms with Crippen LogP contribution in [0.25, 0.3) is 0 Å². The van der Waals surface area contributed by atoms with Crippen molar-refractivity contribution in [2.75, 3.05) is 0 Å². The molecule has 0 aromatic heterocycles. The van der Waals surface area contributed by atoms with Crippen molar-refractivity contribution in [1.29, 1.82) is 0 Å². The SMILES string of the molecule is C[C@H](OC(=O)NC1CC1)[C@@H](O)c1ccccc1Cl. The summed E-state index contributed by atoms with van der Waals surface area (Å²) in [6.07, 6.45) is -0.0731. The lowest BCUT2D eigenvalue weighted by atomic mass is 10.1. The quantitative estimate of drug-likeness (QED) is 0.883. The van der Waals surface area contributed by atoms with Crippen molar-refractivity contribution in [2.24, 2.45) is 0 Å². The van der Waals surface area contributed by atoms with Crippen LogP contribution in [0, 0.1) is 0 Å². The molecule has 1 aromatic carbocycles. The van der Waals surface area contributed by atoms with Crippen LogP contribution in [0.15, 0.2) is 24.3 Å². The third kappa shape index (κ3) is 3.37. The molecule has 4 nitrogen and oxygen atoms in total. The fourth-order valence-electron chi connectivity index (χ4n) is 1.63. The monoisotopic (exact) mass is 269 g/mol. The molecule has 0 unspecified atom stereocenters. The Bertz CT molecular complexity index is 434. The fourth-order valence-corrected chi connectivity index (χ4v) is 1.88. The zero-order chi connectivity index (χ0) is 13.1. The van der Waals surface area contributed by atoms with Gasteiger partial charge in [0.15, 0.2) is 0 Å². The second-order valence-electron chi connectivity index (χ2n) is 4.50. The molecule has 1 aromatic rings. The van der Waals surface area contributed by atoms with E-state index in [4.69, 9.17) is 16.3 Å². The molecule has 1 saturated carbocycles. The number of amides is 1. The maximum atomic E-state index is 11.4. The van der Waals surface area contributed by atoms with E-state index in [1.807, 2.05) is 0 Å². The van der Waals surface area contributed by atoms with Gasteiger partial charge in [-0.25, -0.2) is 4.79 Å². The summed E-state index contributed by atoms with van der Waals surface area (Å²) in [4.78, 5) is 11.4. The summed E-state index contributed by atoms with van der Waals surface area (Å²) in [6, 6.07) is 7.20. The molecule has 2 atom stereocenters. The summed E-state index contributed by atoms with van der Waals surface area (Å²) in [6.45, 7) is 1.64. The Hall–Kier alpha value is -1.26. The van der Waals surface area contributed by atoms with E-state index in [2.05, 4.69) is 5.32 Å². The summed E-state index contributed by atoms with van der Waals surface area (Å²) in [5.41, 5.74) is 0.561. The molecule has 0 radical (unpaired) electrons. The molecule has 0 spiro atoms. The molecule has 1 fully saturated rings. The number of halogens is 1. The number of aliphatic hydroxyl groups excluding tert-OH is 1. The normalized spacial score (nSPS) is 17.9. The number of nitrogens with one attached hydrogen (secondary N) is 1. The molecular weight excluding hydrogens is 254 g/mol. The summed E-state index contributed by atoms with van der Waals surface area (Å²) in [7, 11) is 0. The fraction of sp³-hybridized carbons (Fsp3) is 0.462. The zero-order valence-electron chi connectivity index (χ0n) is 10.1. The number of carbonyl (C=O) groups is 1. The van der Waals surface area contributed by atoms with Gasteiger partial charge in [0.05, 0.1) is 0 Å². The molecule has 18 heavy (non-hydrogen) atoms. The van der Waals surface area contributed by atoms with Gasteiger partial charge < -0.3 is 15.2 Å². The molecule has 1 aliphatic carbocycles. The van der Waals surface area contributed by atoms with Crippen molar-refractivity contribution >= 4 is 17.7 Å². The van der Waals surface area contributed by atoms with Crippen LogP contribution in [0.4, 0.5) is 4.79 Å². The van der Waals surface area contributed by atoms with E-state index in [0.29, 0.717) is 10.6 Å². The summed E-state index contributed by atoms with van der Waals surface area (Å²) in [5.74, 6) is 0. The van der Waals surface area contributed by atoms with Gasteiger partial charge in [-0.1, -0.05) is 29.8 Å². The maximum Gasteiger partial charge on any atom is 0.407 e. The maximum absolute atomic E-state index is 11.4. The van der Waals surface area contributed by atoms with Gasteiger partial charge in [-0.2, -0.15) is 0 Å². The first-order valence-corrected chi connectivity index (χ1v) is 6.35. The van der Waals surface area contributed by atoms with Crippen LogP contribution in [0.1, 0.15) is 31.4 Å². The Morgan fingerprint density at radius 1 is 1.50 bits per heavy atom. The van der Waals surface area contributed by atoms with Gasteiger partial charge in [-0.05, 0) is 25.8 Å². The van der Waals surface area contributed by atoms with Crippen LogP contribution in [0.3, 0.4) is 0 Å². The average Bonchev–Trinajstić information content (AvgIpc) is 3.12. The van der Waals surface area contributed by atoms with Gasteiger partial charge in [0.2, 0.25) is 0 Å². The van der Waals surface area contributed by atoms with Gasteiger partial charge >= 0.3 is 6.09 Å². The summed E-state index contributed by atoms with van der Waals surface area (Å²) >= 11 is 5.98.